The van der Waals surface area contributed by atoms with E-state index in [1.54, 1.807) is 13.8 Å². The van der Waals surface area contributed by atoms with E-state index in [1.807, 2.05) is 0 Å². The lowest BCUT2D eigenvalue weighted by Crippen LogP contribution is -2.49. The minimum Gasteiger partial charge on any atom is -0.212 e. The second-order valence-electron chi connectivity index (χ2n) is 3.47. The molecule has 0 saturated carbocycles. The zero-order valence-electron chi connectivity index (χ0n) is 8.05. The van der Waals surface area contributed by atoms with Crippen LogP contribution in [-0.4, -0.2) is 42.8 Å². The van der Waals surface area contributed by atoms with Crippen molar-refractivity contribution < 1.29 is 8.42 Å². The second kappa shape index (κ2) is 4.82. The second-order valence-corrected chi connectivity index (χ2v) is 6.02. The smallest absolute Gasteiger partial charge is 0.211 e. The summed E-state index contributed by atoms with van der Waals surface area (Å²) < 4.78 is 24.0. The molecule has 0 spiro atoms. The SMILES string of the molecule is CC(C)(CCl)N(CCCl)S(C)(=O)=O. The van der Waals surface area contributed by atoms with Crippen LogP contribution in [0, 0.1) is 0 Å². The maximum atomic E-state index is 11.3. The molecular formula is C7H15Cl2NO2S. The fourth-order valence-electron chi connectivity index (χ4n) is 1.06. The van der Waals surface area contributed by atoms with Gasteiger partial charge in [-0.2, -0.15) is 4.31 Å². The molecule has 0 aliphatic heterocycles. The summed E-state index contributed by atoms with van der Waals surface area (Å²) in [4.78, 5) is 0. The molecule has 0 saturated heterocycles. The summed E-state index contributed by atoms with van der Waals surface area (Å²) in [6, 6.07) is 0. The monoisotopic (exact) mass is 247 g/mol. The van der Waals surface area contributed by atoms with Gasteiger partial charge in [0.1, 0.15) is 0 Å². The third-order valence-electron chi connectivity index (χ3n) is 1.69. The number of hydrogen-bond donors (Lipinski definition) is 0. The number of sulfonamides is 1. The first-order valence-corrected chi connectivity index (χ1v) is 6.77. The summed E-state index contributed by atoms with van der Waals surface area (Å²) in [5.74, 6) is 0.518. The maximum Gasteiger partial charge on any atom is 0.211 e. The van der Waals surface area contributed by atoms with Gasteiger partial charge in [0.15, 0.2) is 0 Å². The summed E-state index contributed by atoms with van der Waals surface area (Å²) in [6.45, 7) is 3.83. The molecule has 0 unspecified atom stereocenters. The molecule has 0 heterocycles. The number of hydrogen-bond acceptors (Lipinski definition) is 2. The predicted octanol–water partition coefficient (Wildman–Crippen LogP) is 1.50. The van der Waals surface area contributed by atoms with Gasteiger partial charge in [-0.15, -0.1) is 23.2 Å². The van der Waals surface area contributed by atoms with Crippen LogP contribution in [0.4, 0.5) is 0 Å². The Morgan fingerprint density at radius 3 is 2.00 bits per heavy atom. The minimum atomic E-state index is -3.23. The molecule has 0 bridgehead atoms. The maximum absolute atomic E-state index is 11.3. The lowest BCUT2D eigenvalue weighted by atomic mass is 10.1. The standard InChI is InChI=1S/C7H15Cl2NO2S/c1-7(2,6-9)10(5-4-8)13(3,11)12/h4-6H2,1-3H3. The highest BCUT2D eigenvalue weighted by Crippen LogP contribution is 2.19. The van der Waals surface area contributed by atoms with Gasteiger partial charge in [-0.1, -0.05) is 0 Å². The van der Waals surface area contributed by atoms with E-state index in [-0.39, 0.29) is 11.8 Å². The number of halogens is 2. The molecule has 0 aromatic carbocycles. The lowest BCUT2D eigenvalue weighted by Gasteiger charge is -2.34. The highest BCUT2D eigenvalue weighted by molar-refractivity contribution is 7.88. The topological polar surface area (TPSA) is 37.4 Å². The minimum absolute atomic E-state index is 0.247. The molecule has 0 fully saturated rings. The third-order valence-corrected chi connectivity index (χ3v) is 3.99. The van der Waals surface area contributed by atoms with Gasteiger partial charge in [-0.25, -0.2) is 8.42 Å². The predicted molar refractivity (Wildman–Crippen MR) is 57.1 cm³/mol. The van der Waals surface area contributed by atoms with E-state index in [0.29, 0.717) is 6.54 Å². The van der Waals surface area contributed by atoms with Crippen molar-refractivity contribution in [3.05, 3.63) is 0 Å². The van der Waals surface area contributed by atoms with Crippen LogP contribution in [0.25, 0.3) is 0 Å². The van der Waals surface area contributed by atoms with Gasteiger partial charge in [0.25, 0.3) is 0 Å². The first-order chi connectivity index (χ1) is 5.75. The van der Waals surface area contributed by atoms with Gasteiger partial charge in [-0.3, -0.25) is 0 Å². The molecule has 13 heavy (non-hydrogen) atoms. The Hall–Kier alpha value is 0.490. The van der Waals surface area contributed by atoms with Crippen molar-refractivity contribution >= 4 is 33.2 Å². The normalized spacial score (nSPS) is 13.7. The molecule has 80 valence electrons. The molecule has 0 atom stereocenters. The fraction of sp³-hybridized carbons (Fsp3) is 1.00. The van der Waals surface area contributed by atoms with Crippen molar-refractivity contribution in [2.24, 2.45) is 0 Å². The summed E-state index contributed by atoms with van der Waals surface area (Å²) >= 11 is 11.2. The molecular weight excluding hydrogens is 233 g/mol. The Labute approximate surface area is 90.1 Å². The molecule has 0 aromatic rings. The summed E-state index contributed by atoms with van der Waals surface area (Å²) in [5.41, 5.74) is -0.579. The van der Waals surface area contributed by atoms with Crippen LogP contribution in [-0.2, 0) is 10.0 Å². The zero-order valence-corrected chi connectivity index (χ0v) is 10.4. The highest BCUT2D eigenvalue weighted by Gasteiger charge is 2.32. The molecule has 0 aromatic heterocycles. The van der Waals surface area contributed by atoms with E-state index in [4.69, 9.17) is 23.2 Å². The van der Waals surface area contributed by atoms with Crippen LogP contribution < -0.4 is 0 Å². The van der Waals surface area contributed by atoms with Gasteiger partial charge in [0, 0.05) is 23.8 Å². The molecule has 6 heteroatoms. The Bertz CT molecular complexity index is 251. The van der Waals surface area contributed by atoms with E-state index in [9.17, 15) is 8.42 Å². The van der Waals surface area contributed by atoms with Crippen LogP contribution in [0.3, 0.4) is 0 Å². The van der Waals surface area contributed by atoms with Gasteiger partial charge in [0.2, 0.25) is 10.0 Å². The largest absolute Gasteiger partial charge is 0.212 e. The lowest BCUT2D eigenvalue weighted by molar-refractivity contribution is 0.266. The average molecular weight is 248 g/mol. The van der Waals surface area contributed by atoms with Gasteiger partial charge < -0.3 is 0 Å². The average Bonchev–Trinajstić information content (AvgIpc) is 1.98. The van der Waals surface area contributed by atoms with E-state index in [2.05, 4.69) is 0 Å². The number of nitrogens with zero attached hydrogens (tertiary/aromatic N) is 1. The first-order valence-electron chi connectivity index (χ1n) is 3.85. The van der Waals surface area contributed by atoms with Crippen molar-refractivity contribution in [3.63, 3.8) is 0 Å². The molecule has 0 aliphatic rings. The van der Waals surface area contributed by atoms with Crippen LogP contribution in [0.1, 0.15) is 13.8 Å². The summed E-state index contributed by atoms with van der Waals surface area (Å²) in [7, 11) is -3.23. The Morgan fingerprint density at radius 1 is 1.31 bits per heavy atom. The van der Waals surface area contributed by atoms with Crippen LogP contribution in [0.5, 0.6) is 0 Å². The Kier molecular flexibility index (Phi) is 5.00. The van der Waals surface area contributed by atoms with Crippen molar-refractivity contribution in [2.45, 2.75) is 19.4 Å². The molecule has 0 aliphatic carbocycles. The first kappa shape index (κ1) is 13.5. The summed E-state index contributed by atoms with van der Waals surface area (Å²) in [6.07, 6.45) is 1.16. The third kappa shape index (κ3) is 4.02. The van der Waals surface area contributed by atoms with Crippen molar-refractivity contribution in [1.29, 1.82) is 0 Å². The Balaban J connectivity index is 4.82. The molecule has 0 rings (SSSR count). The fourth-order valence-corrected chi connectivity index (χ4v) is 2.93. The zero-order chi connectivity index (χ0) is 10.7. The van der Waals surface area contributed by atoms with Gasteiger partial charge in [0.05, 0.1) is 6.26 Å². The summed E-state index contributed by atoms with van der Waals surface area (Å²) in [5, 5.41) is 0. The van der Waals surface area contributed by atoms with E-state index in [1.165, 1.54) is 4.31 Å². The van der Waals surface area contributed by atoms with Crippen LogP contribution >= 0.6 is 23.2 Å². The highest BCUT2D eigenvalue weighted by atomic mass is 35.5. The van der Waals surface area contributed by atoms with Crippen molar-refractivity contribution in [1.82, 2.24) is 4.31 Å². The molecule has 3 nitrogen and oxygen atoms in total. The molecule has 0 radical (unpaired) electrons. The quantitative estimate of drug-likeness (QED) is 0.691. The number of alkyl halides is 2. The van der Waals surface area contributed by atoms with Crippen LogP contribution in [0.15, 0.2) is 0 Å². The Morgan fingerprint density at radius 2 is 1.77 bits per heavy atom. The van der Waals surface area contributed by atoms with Crippen molar-refractivity contribution in [2.75, 3.05) is 24.6 Å². The molecule has 0 N–H and O–H groups in total. The van der Waals surface area contributed by atoms with Crippen molar-refractivity contribution in [3.8, 4) is 0 Å². The van der Waals surface area contributed by atoms with E-state index < -0.39 is 15.6 Å². The molecule has 0 amide bonds. The van der Waals surface area contributed by atoms with Gasteiger partial charge >= 0.3 is 0 Å². The van der Waals surface area contributed by atoms with Crippen LogP contribution in [0.2, 0.25) is 0 Å². The van der Waals surface area contributed by atoms with E-state index >= 15 is 0 Å². The number of rotatable bonds is 5. The van der Waals surface area contributed by atoms with Gasteiger partial charge in [-0.05, 0) is 13.8 Å². The van der Waals surface area contributed by atoms with E-state index in [0.717, 1.165) is 6.26 Å².